The number of hydrogen-bond acceptors (Lipinski definition) is 3. The Hall–Kier alpha value is -0.910. The number of carboxylic acids is 1. The Labute approximate surface area is 118 Å². The Morgan fingerprint density at radius 1 is 1.37 bits per heavy atom. The lowest BCUT2D eigenvalue weighted by molar-refractivity contribution is -0.137. The number of amides is 2. The van der Waals surface area contributed by atoms with Crippen LogP contribution in [-0.4, -0.2) is 40.2 Å². The molecule has 19 heavy (non-hydrogen) atoms. The average molecular weight is 288 g/mol. The largest absolute Gasteiger partial charge is 0.481 e. The van der Waals surface area contributed by atoms with E-state index >= 15 is 0 Å². The Bertz CT molecular complexity index is 312. The molecular formula is C13H24N2O3S. The van der Waals surface area contributed by atoms with Crippen molar-refractivity contribution in [2.75, 3.05) is 5.75 Å². The smallest absolute Gasteiger partial charge is 0.315 e. The van der Waals surface area contributed by atoms with Crippen LogP contribution in [-0.2, 0) is 4.79 Å². The van der Waals surface area contributed by atoms with Gasteiger partial charge in [-0.3, -0.25) is 4.79 Å². The van der Waals surface area contributed by atoms with Gasteiger partial charge < -0.3 is 15.7 Å². The third kappa shape index (κ3) is 6.18. The Kier molecular flexibility index (Phi) is 7.05. The fourth-order valence-electron chi connectivity index (χ4n) is 2.38. The maximum Gasteiger partial charge on any atom is 0.315 e. The highest BCUT2D eigenvalue weighted by Gasteiger charge is 2.26. The van der Waals surface area contributed by atoms with Crippen molar-refractivity contribution in [3.05, 3.63) is 0 Å². The second-order valence-corrected chi connectivity index (χ2v) is 6.49. The normalized spacial score (nSPS) is 23.9. The van der Waals surface area contributed by atoms with Gasteiger partial charge in [-0.1, -0.05) is 13.8 Å². The summed E-state index contributed by atoms with van der Waals surface area (Å²) < 4.78 is 0. The van der Waals surface area contributed by atoms with Gasteiger partial charge in [0.15, 0.2) is 0 Å². The van der Waals surface area contributed by atoms with Crippen LogP contribution in [0.2, 0.25) is 0 Å². The van der Waals surface area contributed by atoms with E-state index < -0.39 is 5.97 Å². The van der Waals surface area contributed by atoms with Crippen LogP contribution < -0.4 is 10.6 Å². The summed E-state index contributed by atoms with van der Waals surface area (Å²) in [6.07, 6.45) is 3.78. The number of nitrogens with one attached hydrogen (secondary N) is 2. The van der Waals surface area contributed by atoms with Crippen molar-refractivity contribution in [2.24, 2.45) is 0 Å². The minimum atomic E-state index is -0.882. The number of urea groups is 1. The fourth-order valence-corrected chi connectivity index (χ4v) is 3.52. The van der Waals surface area contributed by atoms with E-state index in [2.05, 4.69) is 17.6 Å². The van der Waals surface area contributed by atoms with Crippen molar-refractivity contribution in [2.45, 2.75) is 63.3 Å². The fraction of sp³-hybridized carbons (Fsp3) is 0.846. The van der Waals surface area contributed by atoms with Crippen molar-refractivity contribution in [1.82, 2.24) is 10.6 Å². The Morgan fingerprint density at radius 2 is 2.11 bits per heavy atom. The highest BCUT2D eigenvalue weighted by atomic mass is 32.2. The summed E-state index contributed by atoms with van der Waals surface area (Å²) in [5.74, 6) is 0.229. The van der Waals surface area contributed by atoms with Gasteiger partial charge in [-0.2, -0.15) is 11.8 Å². The molecule has 3 atom stereocenters. The zero-order valence-electron chi connectivity index (χ0n) is 11.6. The average Bonchev–Trinajstić information content (AvgIpc) is 2.75. The molecule has 0 aliphatic heterocycles. The molecular weight excluding hydrogens is 264 g/mol. The number of hydrogen-bond donors (Lipinski definition) is 3. The topological polar surface area (TPSA) is 78.4 Å². The summed E-state index contributed by atoms with van der Waals surface area (Å²) in [5.41, 5.74) is 0. The van der Waals surface area contributed by atoms with E-state index in [0.29, 0.717) is 11.7 Å². The molecule has 6 heteroatoms. The lowest BCUT2D eigenvalue weighted by Crippen LogP contribution is -2.46. The summed E-state index contributed by atoms with van der Waals surface area (Å²) in [5, 5.41) is 15.1. The first-order valence-corrected chi connectivity index (χ1v) is 8.00. The molecule has 0 aromatic heterocycles. The second kappa shape index (κ2) is 8.30. The molecule has 110 valence electrons. The minimum Gasteiger partial charge on any atom is -0.481 e. The monoisotopic (exact) mass is 288 g/mol. The Balaban J connectivity index is 2.29. The number of aliphatic carboxylic acids is 1. The maximum atomic E-state index is 11.8. The summed E-state index contributed by atoms with van der Waals surface area (Å²) >= 11 is 1.95. The predicted octanol–water partition coefficient (Wildman–Crippen LogP) is 2.21. The molecule has 0 aromatic rings. The van der Waals surface area contributed by atoms with Crippen LogP contribution >= 0.6 is 11.8 Å². The number of rotatable bonds is 7. The molecule has 3 unspecified atom stereocenters. The van der Waals surface area contributed by atoms with E-state index in [9.17, 15) is 9.59 Å². The van der Waals surface area contributed by atoms with Gasteiger partial charge in [-0.15, -0.1) is 0 Å². The van der Waals surface area contributed by atoms with E-state index in [4.69, 9.17) is 5.11 Å². The SMILES string of the molecule is CCSC1CCC(NC(=O)NC(CC)CC(=O)O)C1. The van der Waals surface area contributed by atoms with Crippen molar-refractivity contribution < 1.29 is 14.7 Å². The van der Waals surface area contributed by atoms with Gasteiger partial charge in [0.05, 0.1) is 6.42 Å². The first-order valence-electron chi connectivity index (χ1n) is 6.95. The quantitative estimate of drug-likeness (QED) is 0.671. The van der Waals surface area contributed by atoms with Crippen LogP contribution in [0.3, 0.4) is 0 Å². The van der Waals surface area contributed by atoms with Gasteiger partial charge in [-0.25, -0.2) is 4.79 Å². The van der Waals surface area contributed by atoms with Gasteiger partial charge in [0.2, 0.25) is 0 Å². The molecule has 0 heterocycles. The third-order valence-electron chi connectivity index (χ3n) is 3.37. The van der Waals surface area contributed by atoms with E-state index in [1.165, 1.54) is 0 Å². The molecule has 0 radical (unpaired) electrons. The molecule has 5 nitrogen and oxygen atoms in total. The third-order valence-corrected chi connectivity index (χ3v) is 4.60. The summed E-state index contributed by atoms with van der Waals surface area (Å²) in [4.78, 5) is 22.4. The summed E-state index contributed by atoms with van der Waals surface area (Å²) in [7, 11) is 0. The highest BCUT2D eigenvalue weighted by molar-refractivity contribution is 7.99. The van der Waals surface area contributed by atoms with E-state index in [0.717, 1.165) is 25.0 Å². The predicted molar refractivity (Wildman–Crippen MR) is 77.6 cm³/mol. The molecule has 1 saturated carbocycles. The van der Waals surface area contributed by atoms with Crippen LogP contribution in [0.25, 0.3) is 0 Å². The molecule has 0 saturated heterocycles. The molecule has 1 rings (SSSR count). The van der Waals surface area contributed by atoms with Gasteiger partial charge in [0.25, 0.3) is 0 Å². The van der Waals surface area contributed by atoms with Crippen LogP contribution in [0.1, 0.15) is 46.0 Å². The van der Waals surface area contributed by atoms with Crippen LogP contribution in [0.5, 0.6) is 0 Å². The van der Waals surface area contributed by atoms with Gasteiger partial charge >= 0.3 is 12.0 Å². The second-order valence-electron chi connectivity index (χ2n) is 4.91. The lowest BCUT2D eigenvalue weighted by Gasteiger charge is -2.18. The van der Waals surface area contributed by atoms with Crippen LogP contribution in [0.15, 0.2) is 0 Å². The van der Waals surface area contributed by atoms with E-state index in [1.54, 1.807) is 0 Å². The Morgan fingerprint density at radius 3 is 2.68 bits per heavy atom. The maximum absolute atomic E-state index is 11.8. The molecule has 1 aliphatic carbocycles. The number of thioether (sulfide) groups is 1. The van der Waals surface area contributed by atoms with Gasteiger partial charge in [0.1, 0.15) is 0 Å². The van der Waals surface area contributed by atoms with Crippen molar-refractivity contribution in [1.29, 1.82) is 0 Å². The lowest BCUT2D eigenvalue weighted by atomic mass is 10.1. The molecule has 1 fully saturated rings. The number of carboxylic acid groups (broad SMARTS) is 1. The first-order chi connectivity index (χ1) is 9.05. The van der Waals surface area contributed by atoms with Gasteiger partial charge in [0, 0.05) is 17.3 Å². The van der Waals surface area contributed by atoms with Crippen LogP contribution in [0.4, 0.5) is 4.79 Å². The standard InChI is InChI=1S/C13H24N2O3S/c1-3-9(8-12(16)17)14-13(18)15-10-5-6-11(7-10)19-4-2/h9-11H,3-8H2,1-2H3,(H,16,17)(H2,14,15,18). The minimum absolute atomic E-state index is 0.0249. The summed E-state index contributed by atoms with van der Waals surface area (Å²) in [6.45, 7) is 4.02. The molecule has 0 spiro atoms. The van der Waals surface area contributed by atoms with Crippen molar-refractivity contribution in [3.8, 4) is 0 Å². The first kappa shape index (κ1) is 16.1. The van der Waals surface area contributed by atoms with E-state index in [1.807, 2.05) is 18.7 Å². The van der Waals surface area contributed by atoms with Crippen molar-refractivity contribution >= 4 is 23.8 Å². The van der Waals surface area contributed by atoms with Crippen LogP contribution in [0, 0.1) is 0 Å². The molecule has 3 N–H and O–H groups in total. The zero-order chi connectivity index (χ0) is 14.3. The van der Waals surface area contributed by atoms with Gasteiger partial charge in [-0.05, 0) is 31.4 Å². The molecule has 2 amide bonds. The van der Waals surface area contributed by atoms with Crippen molar-refractivity contribution in [3.63, 3.8) is 0 Å². The zero-order valence-corrected chi connectivity index (χ0v) is 12.5. The highest BCUT2D eigenvalue weighted by Crippen LogP contribution is 2.29. The summed E-state index contributed by atoms with van der Waals surface area (Å²) in [6, 6.07) is -0.300. The molecule has 0 aromatic carbocycles. The molecule has 1 aliphatic rings. The molecule has 0 bridgehead atoms. The number of carbonyl (C=O) groups excluding carboxylic acids is 1. The van der Waals surface area contributed by atoms with E-state index in [-0.39, 0.29) is 24.5 Å². The number of carbonyl (C=O) groups is 2.